The maximum absolute atomic E-state index is 14.9. The number of ketones is 2. The Morgan fingerprint density at radius 2 is 0.704 bits per heavy atom. The van der Waals surface area contributed by atoms with Gasteiger partial charge in [0.25, 0.3) is 11.4 Å². The number of aryl methyl sites for hydroxylation is 2. The van der Waals surface area contributed by atoms with Gasteiger partial charge in [-0.1, -0.05) is 180 Å². The van der Waals surface area contributed by atoms with E-state index in [2.05, 4.69) is 84.7 Å². The van der Waals surface area contributed by atoms with E-state index in [-0.39, 0.29) is 37.9 Å². The van der Waals surface area contributed by atoms with Crippen molar-refractivity contribution in [3.63, 3.8) is 0 Å². The van der Waals surface area contributed by atoms with Gasteiger partial charge in [0.05, 0.1) is 25.3 Å². The van der Waals surface area contributed by atoms with Crippen molar-refractivity contribution < 1.29 is 9.59 Å². The van der Waals surface area contributed by atoms with Crippen LogP contribution in [0, 0.1) is 47.6 Å². The molecule has 2 atom stereocenters. The first-order valence-corrected chi connectivity index (χ1v) is 53.4. The smallest absolute Gasteiger partial charge is 0.289 e. The van der Waals surface area contributed by atoms with Gasteiger partial charge in [-0.3, -0.25) is 9.59 Å². The Kier molecular flexibility index (Phi) is 34.4. The Morgan fingerprint density at radius 3 is 1.02 bits per heavy atom. The quantitative estimate of drug-likeness (QED) is 0.0123. The second kappa shape index (κ2) is 46.4. The number of hydrogen-bond donors (Lipinski definition) is 0. The van der Waals surface area contributed by atoms with Gasteiger partial charge in [-0.25, -0.2) is 20.2 Å². The molecule has 125 heavy (non-hydrogen) atoms. The Bertz CT molecular complexity index is 5790. The number of nitriles is 2. The van der Waals surface area contributed by atoms with Crippen molar-refractivity contribution in [1.82, 2.24) is 17.1 Å². The van der Waals surface area contributed by atoms with Crippen LogP contribution in [0.1, 0.15) is 364 Å². The van der Waals surface area contributed by atoms with Crippen LogP contribution >= 0.6 is 45.3 Å². The molecule has 10 nitrogen and oxygen atoms in total. The third-order valence-corrected chi connectivity index (χ3v) is 33.3. The van der Waals surface area contributed by atoms with Gasteiger partial charge in [0.1, 0.15) is 0 Å². The average Bonchev–Trinajstić information content (AvgIpc) is 1.50. The van der Waals surface area contributed by atoms with Crippen molar-refractivity contribution in [1.29, 1.82) is 10.5 Å². The summed E-state index contributed by atoms with van der Waals surface area (Å²) in [6.07, 6.45) is 66.3. The Hall–Kier alpha value is -8.60. The summed E-state index contributed by atoms with van der Waals surface area (Å²) in [4.78, 5) is 39.8. The molecular weight excluding hydrogens is 1670 g/mol. The second-order valence-corrected chi connectivity index (χ2v) is 41.3. The van der Waals surface area contributed by atoms with Crippen molar-refractivity contribution in [2.75, 3.05) is 0 Å². The van der Waals surface area contributed by atoms with E-state index in [1.807, 2.05) is 142 Å². The van der Waals surface area contributed by atoms with Crippen molar-refractivity contribution >= 4 is 189 Å². The first-order valence-electron chi connectivity index (χ1n) is 48.6. The number of benzene rings is 5. The molecule has 2 unspecified atom stereocenters. The van der Waals surface area contributed by atoms with E-state index in [1.165, 1.54) is 326 Å². The number of nitrogens with zero attached hydrogens (tertiary/aromatic N) is 8. The first-order chi connectivity index (χ1) is 61.6. The van der Waals surface area contributed by atoms with Gasteiger partial charge in [-0.2, -0.15) is 0 Å². The van der Waals surface area contributed by atoms with Crippen LogP contribution in [0.4, 0.5) is 0 Å². The van der Waals surface area contributed by atoms with Gasteiger partial charge in [-0.15, -0.1) is 0 Å². The fourth-order valence-corrected chi connectivity index (χ4v) is 27.3. The zero-order valence-electron chi connectivity index (χ0n) is 75.5. The van der Waals surface area contributed by atoms with Crippen LogP contribution in [-0.2, 0) is 25.9 Å². The molecular formula is C110H130N8O2S4Se. The molecule has 0 spiro atoms. The van der Waals surface area contributed by atoms with Crippen molar-refractivity contribution in [2.45, 2.75) is 337 Å². The topological polar surface area (TPSA) is 126 Å². The molecule has 2 aliphatic carbocycles. The van der Waals surface area contributed by atoms with E-state index < -0.39 is 0 Å². The predicted molar refractivity (Wildman–Crippen MR) is 540 cm³/mol. The fourth-order valence-electron chi connectivity index (χ4n) is 20.2. The number of Topliss-reactive ketones (excluding diaryl/α,β-unsaturated/α-hetero) is 2. The number of unbranched alkanes of at least 4 members (excludes halogenated alkanes) is 32. The van der Waals surface area contributed by atoms with Gasteiger partial charge < -0.3 is 0 Å². The molecule has 7 aromatic heterocycles. The number of fused-ring (bicyclic) bond motifs is 18. The number of carbonyl (C=O) groups is 2. The number of aromatic nitrogens is 4. The van der Waals surface area contributed by atoms with Gasteiger partial charge >= 0.3 is 436 Å². The summed E-state index contributed by atoms with van der Waals surface area (Å²) in [5.74, 6) is 0.577. The minimum absolute atomic E-state index is 0.0685. The summed E-state index contributed by atoms with van der Waals surface area (Å²) in [6, 6.07) is 28.3. The molecule has 14 rings (SSSR count). The monoisotopic (exact) mass is 1800 g/mol. The Morgan fingerprint density at radius 1 is 0.400 bits per heavy atom. The van der Waals surface area contributed by atoms with E-state index in [1.54, 1.807) is 0 Å². The van der Waals surface area contributed by atoms with E-state index >= 15 is 0 Å². The van der Waals surface area contributed by atoms with Crippen LogP contribution in [0.25, 0.3) is 127 Å². The molecule has 5 aromatic carbocycles. The zero-order chi connectivity index (χ0) is 87.0. The van der Waals surface area contributed by atoms with Gasteiger partial charge in [0.2, 0.25) is 0 Å². The van der Waals surface area contributed by atoms with Crippen molar-refractivity contribution in [3.05, 3.63) is 186 Å². The minimum Gasteiger partial charge on any atom is -0.289 e. The molecule has 15 heteroatoms. The average molecular weight is 1800 g/mol. The molecule has 0 radical (unpaired) electrons. The number of rotatable bonds is 52. The van der Waals surface area contributed by atoms with E-state index in [0.717, 1.165) is 84.2 Å². The molecule has 2 aliphatic rings. The van der Waals surface area contributed by atoms with Crippen molar-refractivity contribution in [2.24, 2.45) is 11.8 Å². The predicted octanol–water partition coefficient (Wildman–Crippen LogP) is 34.6. The summed E-state index contributed by atoms with van der Waals surface area (Å²) in [5, 5.41) is 27.6. The van der Waals surface area contributed by atoms with Gasteiger partial charge in [-0.05, 0) is 56.9 Å². The molecule has 0 aliphatic heterocycles. The molecule has 652 valence electrons. The van der Waals surface area contributed by atoms with Crippen LogP contribution in [-0.4, -0.2) is 43.6 Å². The van der Waals surface area contributed by atoms with E-state index in [0.29, 0.717) is 56.4 Å². The Labute approximate surface area is 766 Å². The molecule has 0 amide bonds. The summed E-state index contributed by atoms with van der Waals surface area (Å²) < 4.78 is 25.4. The van der Waals surface area contributed by atoms with Crippen LogP contribution in [0.5, 0.6) is 0 Å². The van der Waals surface area contributed by atoms with Crippen LogP contribution in [0.15, 0.2) is 120 Å². The number of allylic oxidation sites excluding steroid dienone is 10. The second-order valence-electron chi connectivity index (χ2n) is 36.0. The van der Waals surface area contributed by atoms with Crippen molar-refractivity contribution in [3.8, 4) is 12.1 Å². The molecule has 12 aromatic rings. The first kappa shape index (κ1) is 92.6. The SMILES string of the molecule is [C-]#[N+]\C(C#N)=C1/C(=C/C=C/c2sc3c(sc4c5c6n[se]nc6c6c7sc8c(CCCCCCCCCCC)c(/C=C/C=C9\C(=O)c%10cc%11ccccc%11cc%10\C9=C(\C#N)[N+]#[C-])sc8c7n(CC(CCCCCC)CCCCCCCC)c6c5n(CC(CCCCCC)CCCCCCCC)c34)c2CCCCCCCCCCC)C(=O)c2cc3ccccc3cc21. The third kappa shape index (κ3) is 21.1. The molecule has 0 bridgehead atoms. The summed E-state index contributed by atoms with van der Waals surface area (Å²) in [7, 11) is 0. The minimum atomic E-state index is -0.350. The number of thiophene rings is 4. The third-order valence-electron chi connectivity index (χ3n) is 27.0. The van der Waals surface area contributed by atoms with Crippen LogP contribution in [0.2, 0.25) is 0 Å². The molecule has 0 N–H and O–H groups in total. The molecule has 0 fully saturated rings. The fraction of sp³-hybridized carbons (Fsp3) is 0.491. The van der Waals surface area contributed by atoms with Crippen LogP contribution in [0.3, 0.4) is 0 Å². The summed E-state index contributed by atoms with van der Waals surface area (Å²) in [5.41, 5.74) is 14.1. The van der Waals surface area contributed by atoms with Gasteiger partial charge in [0.15, 0.2) is 11.6 Å². The number of carbonyl (C=O) groups excluding carboxylic acids is 2. The maximum atomic E-state index is 14.9. The summed E-state index contributed by atoms with van der Waals surface area (Å²) in [6.45, 7) is 32.3. The molecule has 7 heterocycles. The van der Waals surface area contributed by atoms with Gasteiger partial charge in [0, 0.05) is 22.3 Å². The standard InChI is InChI=1S/C110H130N8O2S4Se/c1-9-15-21-27-31-33-35-39-45-61-81-91(65-51-63-83-93(89(71-111)113-7)85-67-77-57-47-49-59-79(77)69-87(85)103(83)119)121-109-101-107(123-105(81)109)95-97-98(116-125-115-97)96-100(99(95)117(101)73-75(53-41-25-19-13-5)55-43-37-29-23-17-11-3)118(74-76(54-42-26-20-14-6)56-44-38-30-24-18-12-4)102-108(96)124-106-82(62-46-40-36-34-32-28-22-16-10-2)92(122-110(102)106)66-52-64-84-94(90(72-112)114-8)86-68-78-58-48-50-60-80(78)70-88(86)104(84)120/h47-52,57-60,63-70,75-76H,9-46,53-56,61-62,73-74H2,1-6H3/b65-51+,66-52+,83-63-,84-64-,93-89-,94-90+. The van der Waals surface area contributed by atoms with Crippen LogP contribution < -0.4 is 0 Å². The van der Waals surface area contributed by atoms with E-state index in [4.69, 9.17) is 21.1 Å². The molecule has 0 saturated carbocycles. The van der Waals surface area contributed by atoms with E-state index in [9.17, 15) is 20.1 Å². The Balaban J connectivity index is 1.01. The molecule has 0 saturated heterocycles. The normalized spacial score (nSPS) is 15.1. The zero-order valence-corrected chi connectivity index (χ0v) is 80.5. The number of hydrogen-bond acceptors (Lipinski definition) is 10. The summed E-state index contributed by atoms with van der Waals surface area (Å²) >= 11 is 7.51.